The van der Waals surface area contributed by atoms with Crippen LogP contribution >= 0.6 is 0 Å². The smallest absolute Gasteiger partial charge is 0.115 e. The molecule has 0 aromatic heterocycles. The van der Waals surface area contributed by atoms with Crippen molar-refractivity contribution in [3.05, 3.63) is 0 Å². The highest BCUT2D eigenvalue weighted by Crippen LogP contribution is 2.17. The molecule has 0 heterocycles. The third-order valence-corrected chi connectivity index (χ3v) is 2.77. The maximum atomic E-state index is 10.8. The minimum absolute atomic E-state index is 0.373. The van der Waals surface area contributed by atoms with Gasteiger partial charge in [0, 0.05) is 17.4 Å². The summed E-state index contributed by atoms with van der Waals surface area (Å²) in [6.45, 7) is 0. The predicted molar refractivity (Wildman–Crippen MR) is 47.4 cm³/mol. The minimum Gasteiger partial charge on any atom is -0.598 e. The van der Waals surface area contributed by atoms with E-state index >= 15 is 0 Å². The monoisotopic (exact) mass is 176 g/mol. The zero-order valence-electron chi connectivity index (χ0n) is 6.88. The number of nitrogens with two attached hydrogens (primary N) is 1. The second kappa shape index (κ2) is 4.30. The van der Waals surface area contributed by atoms with Crippen molar-refractivity contribution in [3.8, 4) is 0 Å². The summed E-state index contributed by atoms with van der Waals surface area (Å²) in [5.41, 5.74) is 5.72. The number of hydrogen-bond donors (Lipinski definition) is 2. The normalized spacial score (nSPS) is 35.2. The van der Waals surface area contributed by atoms with Crippen LogP contribution in [0.5, 0.6) is 0 Å². The average molecular weight is 176 g/mol. The molecule has 1 unspecified atom stereocenters. The molecular formula is C7H16N2OS. The highest BCUT2D eigenvalue weighted by Gasteiger charge is 2.20. The summed E-state index contributed by atoms with van der Waals surface area (Å²) in [6.07, 6.45) is 5.94. The molecule has 11 heavy (non-hydrogen) atoms. The molecule has 4 heteroatoms. The van der Waals surface area contributed by atoms with Gasteiger partial charge in [-0.1, -0.05) is 0 Å². The fourth-order valence-electron chi connectivity index (χ4n) is 1.47. The molecular weight excluding hydrogens is 160 g/mol. The Bertz CT molecular complexity index is 113. The van der Waals surface area contributed by atoms with Crippen molar-refractivity contribution in [1.29, 1.82) is 0 Å². The van der Waals surface area contributed by atoms with Gasteiger partial charge in [-0.3, -0.25) is 0 Å². The van der Waals surface area contributed by atoms with E-state index < -0.39 is 11.4 Å². The van der Waals surface area contributed by atoms with E-state index in [-0.39, 0.29) is 0 Å². The second-order valence-electron chi connectivity index (χ2n) is 3.18. The zero-order chi connectivity index (χ0) is 8.27. The highest BCUT2D eigenvalue weighted by atomic mass is 32.2. The molecule has 0 amide bonds. The van der Waals surface area contributed by atoms with Crippen molar-refractivity contribution in [3.63, 3.8) is 0 Å². The summed E-state index contributed by atoms with van der Waals surface area (Å²) in [5.74, 6) is 0. The SMILES string of the molecule is C[S+]([O-])N[C@H]1CC[C@H](N)CC1. The zero-order valence-corrected chi connectivity index (χ0v) is 7.69. The largest absolute Gasteiger partial charge is 0.598 e. The van der Waals surface area contributed by atoms with E-state index in [1.807, 2.05) is 0 Å². The summed E-state index contributed by atoms with van der Waals surface area (Å²) in [6, 6.07) is 0.805. The van der Waals surface area contributed by atoms with Gasteiger partial charge in [0.1, 0.15) is 6.26 Å². The van der Waals surface area contributed by atoms with Crippen LogP contribution < -0.4 is 10.5 Å². The molecule has 1 aliphatic rings. The van der Waals surface area contributed by atoms with Crippen molar-refractivity contribution in [1.82, 2.24) is 4.72 Å². The van der Waals surface area contributed by atoms with Gasteiger partial charge in [-0.15, -0.1) is 4.72 Å². The van der Waals surface area contributed by atoms with Crippen LogP contribution in [-0.4, -0.2) is 22.9 Å². The van der Waals surface area contributed by atoms with E-state index in [0.29, 0.717) is 12.1 Å². The van der Waals surface area contributed by atoms with E-state index in [9.17, 15) is 4.55 Å². The van der Waals surface area contributed by atoms with Crippen LogP contribution in [-0.2, 0) is 11.4 Å². The first-order valence-electron chi connectivity index (χ1n) is 4.03. The molecule has 1 rings (SSSR count). The first-order valence-corrected chi connectivity index (χ1v) is 5.59. The molecule has 1 atom stereocenters. The molecule has 3 nitrogen and oxygen atoms in total. The molecule has 0 spiro atoms. The van der Waals surface area contributed by atoms with E-state index in [2.05, 4.69) is 4.72 Å². The third kappa shape index (κ3) is 3.42. The second-order valence-corrected chi connectivity index (χ2v) is 4.33. The van der Waals surface area contributed by atoms with Gasteiger partial charge < -0.3 is 10.3 Å². The van der Waals surface area contributed by atoms with Gasteiger partial charge >= 0.3 is 0 Å². The Labute approximate surface area is 71.0 Å². The lowest BCUT2D eigenvalue weighted by molar-refractivity contribution is 0.374. The minimum atomic E-state index is -0.865. The van der Waals surface area contributed by atoms with Crippen LogP contribution in [0.1, 0.15) is 25.7 Å². The van der Waals surface area contributed by atoms with E-state index in [0.717, 1.165) is 25.7 Å². The van der Waals surface area contributed by atoms with E-state index in [1.54, 1.807) is 6.26 Å². The van der Waals surface area contributed by atoms with Gasteiger partial charge in [0.25, 0.3) is 0 Å². The van der Waals surface area contributed by atoms with Crippen LogP contribution in [0.4, 0.5) is 0 Å². The third-order valence-electron chi connectivity index (χ3n) is 2.10. The average Bonchev–Trinajstić information content (AvgIpc) is 1.93. The Morgan fingerprint density at radius 2 is 1.91 bits per heavy atom. The summed E-state index contributed by atoms with van der Waals surface area (Å²) in [4.78, 5) is 0. The summed E-state index contributed by atoms with van der Waals surface area (Å²) >= 11 is -0.865. The van der Waals surface area contributed by atoms with E-state index in [1.165, 1.54) is 0 Å². The van der Waals surface area contributed by atoms with Crippen LogP contribution in [0.3, 0.4) is 0 Å². The van der Waals surface area contributed by atoms with Crippen LogP contribution in [0, 0.1) is 0 Å². The molecule has 3 N–H and O–H groups in total. The maximum absolute atomic E-state index is 10.8. The Hall–Kier alpha value is 0.230. The number of nitrogens with one attached hydrogen (secondary N) is 1. The van der Waals surface area contributed by atoms with Gasteiger partial charge in [0.05, 0.1) is 6.04 Å². The first-order chi connectivity index (χ1) is 5.18. The van der Waals surface area contributed by atoms with Gasteiger partial charge in [-0.25, -0.2) is 0 Å². The van der Waals surface area contributed by atoms with Crippen LogP contribution in [0.25, 0.3) is 0 Å². The van der Waals surface area contributed by atoms with Gasteiger partial charge in [0.15, 0.2) is 0 Å². The summed E-state index contributed by atoms with van der Waals surface area (Å²) < 4.78 is 13.8. The lowest BCUT2D eigenvalue weighted by Gasteiger charge is -2.25. The Morgan fingerprint density at radius 3 is 2.36 bits per heavy atom. The lowest BCUT2D eigenvalue weighted by atomic mass is 9.93. The van der Waals surface area contributed by atoms with Gasteiger partial charge in [-0.2, -0.15) is 0 Å². The fourth-order valence-corrected chi connectivity index (χ4v) is 2.18. The first kappa shape index (κ1) is 9.32. The Morgan fingerprint density at radius 1 is 1.36 bits per heavy atom. The lowest BCUT2D eigenvalue weighted by Crippen LogP contribution is -2.39. The summed E-state index contributed by atoms with van der Waals surface area (Å²) in [7, 11) is 0. The maximum Gasteiger partial charge on any atom is 0.115 e. The molecule has 0 radical (unpaired) electrons. The molecule has 1 fully saturated rings. The standard InChI is InChI=1S/C7H16N2OS/c1-11(10)9-7-4-2-6(8)3-5-7/h6-7,9H,2-5,8H2,1H3/t6-,7-,11?. The number of rotatable bonds is 2. The Kier molecular flexibility index (Phi) is 3.65. The summed E-state index contributed by atoms with van der Waals surface area (Å²) in [5, 5.41) is 0. The van der Waals surface area contributed by atoms with Crippen molar-refractivity contribution in [2.45, 2.75) is 37.8 Å². The topological polar surface area (TPSA) is 61.1 Å². The van der Waals surface area contributed by atoms with E-state index in [4.69, 9.17) is 5.73 Å². The van der Waals surface area contributed by atoms with Gasteiger partial charge in [-0.05, 0) is 25.7 Å². The molecule has 0 aromatic rings. The van der Waals surface area contributed by atoms with Crippen molar-refractivity contribution in [2.75, 3.05) is 6.26 Å². The van der Waals surface area contributed by atoms with Crippen LogP contribution in [0.15, 0.2) is 0 Å². The number of hydrogen-bond acceptors (Lipinski definition) is 3. The molecule has 1 aliphatic carbocycles. The molecule has 66 valence electrons. The van der Waals surface area contributed by atoms with Crippen LogP contribution in [0.2, 0.25) is 0 Å². The van der Waals surface area contributed by atoms with Gasteiger partial charge in [0.2, 0.25) is 0 Å². The predicted octanol–water partition coefficient (Wildman–Crippen LogP) is 0.139. The highest BCUT2D eigenvalue weighted by molar-refractivity contribution is 7.88. The molecule has 1 saturated carbocycles. The van der Waals surface area contributed by atoms with Crippen molar-refractivity contribution < 1.29 is 4.55 Å². The van der Waals surface area contributed by atoms with Crippen molar-refractivity contribution >= 4 is 11.4 Å². The fraction of sp³-hybridized carbons (Fsp3) is 1.00. The Balaban J connectivity index is 2.17. The molecule has 0 bridgehead atoms. The molecule has 0 aromatic carbocycles. The van der Waals surface area contributed by atoms with Crippen molar-refractivity contribution in [2.24, 2.45) is 5.73 Å². The molecule has 0 saturated heterocycles. The quantitative estimate of drug-likeness (QED) is 0.588. The molecule has 0 aliphatic heterocycles.